The normalized spacial score (nSPS) is 11.3. The molecule has 7 heteroatoms. The highest BCUT2D eigenvalue weighted by atomic mass is 19.1. The minimum atomic E-state index is -0.609. The van der Waals surface area contributed by atoms with E-state index in [9.17, 15) is 8.78 Å². The third-order valence-electron chi connectivity index (χ3n) is 4.08. The molecule has 2 N–H and O–H groups in total. The van der Waals surface area contributed by atoms with E-state index in [0.29, 0.717) is 28.2 Å². The van der Waals surface area contributed by atoms with Crippen LogP contribution in [0.5, 0.6) is 5.75 Å². The maximum atomic E-state index is 13.9. The fourth-order valence-electron chi connectivity index (χ4n) is 2.89. The molecule has 25 heavy (non-hydrogen) atoms. The molecule has 0 bridgehead atoms. The van der Waals surface area contributed by atoms with Crippen LogP contribution in [0.4, 0.5) is 14.7 Å². The average Bonchev–Trinajstić information content (AvgIpc) is 3.02. The SMILES string of the molecule is COc1cccc2c1nc(N)n1cc(Cc3ccc(F)cc3F)nc21. The molecule has 0 aliphatic heterocycles. The highest BCUT2D eigenvalue weighted by molar-refractivity contribution is 5.96. The van der Waals surface area contributed by atoms with Crippen molar-refractivity contribution in [1.29, 1.82) is 0 Å². The molecule has 0 unspecified atom stereocenters. The van der Waals surface area contributed by atoms with Gasteiger partial charge in [0.2, 0.25) is 5.95 Å². The molecule has 0 saturated heterocycles. The van der Waals surface area contributed by atoms with Crippen molar-refractivity contribution in [3.05, 3.63) is 65.5 Å². The molecule has 0 atom stereocenters. The van der Waals surface area contributed by atoms with E-state index in [4.69, 9.17) is 10.5 Å². The molecule has 126 valence electrons. The predicted octanol–water partition coefficient (Wildman–Crippen LogP) is 3.34. The first-order valence-corrected chi connectivity index (χ1v) is 7.61. The van der Waals surface area contributed by atoms with Gasteiger partial charge in [0, 0.05) is 24.1 Å². The third-order valence-corrected chi connectivity index (χ3v) is 4.08. The predicted molar refractivity (Wildman–Crippen MR) is 90.6 cm³/mol. The zero-order valence-electron chi connectivity index (χ0n) is 13.3. The Bertz CT molecular complexity index is 1110. The van der Waals surface area contributed by atoms with Gasteiger partial charge in [-0.3, -0.25) is 4.40 Å². The topological polar surface area (TPSA) is 65.4 Å². The number of hydrogen-bond acceptors (Lipinski definition) is 4. The van der Waals surface area contributed by atoms with Crippen LogP contribution in [-0.4, -0.2) is 21.5 Å². The van der Waals surface area contributed by atoms with E-state index in [1.54, 1.807) is 23.8 Å². The van der Waals surface area contributed by atoms with Crippen molar-refractivity contribution in [3.8, 4) is 5.75 Å². The minimum absolute atomic E-state index is 0.221. The molecule has 5 nitrogen and oxygen atoms in total. The van der Waals surface area contributed by atoms with Crippen molar-refractivity contribution in [2.45, 2.75) is 6.42 Å². The van der Waals surface area contributed by atoms with E-state index in [0.717, 1.165) is 11.5 Å². The van der Waals surface area contributed by atoms with Crippen LogP contribution in [0.15, 0.2) is 42.6 Å². The number of aromatic nitrogens is 3. The Morgan fingerprint density at radius 2 is 2.00 bits per heavy atom. The molecule has 2 aromatic heterocycles. The van der Waals surface area contributed by atoms with Gasteiger partial charge in [-0.2, -0.15) is 0 Å². The van der Waals surface area contributed by atoms with Gasteiger partial charge in [0.15, 0.2) is 0 Å². The number of nitrogens with zero attached hydrogens (tertiary/aromatic N) is 3. The Balaban J connectivity index is 1.87. The maximum absolute atomic E-state index is 13.9. The Kier molecular flexibility index (Phi) is 3.49. The number of nitrogens with two attached hydrogens (primary N) is 1. The monoisotopic (exact) mass is 340 g/mol. The number of nitrogen functional groups attached to an aromatic ring is 1. The van der Waals surface area contributed by atoms with Crippen molar-refractivity contribution in [3.63, 3.8) is 0 Å². The van der Waals surface area contributed by atoms with Gasteiger partial charge in [0.05, 0.1) is 12.8 Å². The van der Waals surface area contributed by atoms with E-state index in [1.807, 2.05) is 12.1 Å². The second kappa shape index (κ2) is 5.70. The molecule has 0 saturated carbocycles. The number of ether oxygens (including phenoxy) is 1. The van der Waals surface area contributed by atoms with Gasteiger partial charge in [-0.25, -0.2) is 18.7 Å². The van der Waals surface area contributed by atoms with E-state index >= 15 is 0 Å². The number of hydrogen-bond donors (Lipinski definition) is 1. The summed E-state index contributed by atoms with van der Waals surface area (Å²) in [4.78, 5) is 8.94. The number of fused-ring (bicyclic) bond motifs is 3. The Morgan fingerprint density at radius 1 is 1.16 bits per heavy atom. The summed E-state index contributed by atoms with van der Waals surface area (Å²) in [6.45, 7) is 0. The summed E-state index contributed by atoms with van der Waals surface area (Å²) < 4.78 is 33.9. The van der Waals surface area contributed by atoms with Gasteiger partial charge >= 0.3 is 0 Å². The zero-order chi connectivity index (χ0) is 17.6. The van der Waals surface area contributed by atoms with Crippen molar-refractivity contribution in [2.24, 2.45) is 0 Å². The number of para-hydroxylation sites is 1. The second-order valence-corrected chi connectivity index (χ2v) is 5.66. The minimum Gasteiger partial charge on any atom is -0.494 e. The first kappa shape index (κ1) is 15.3. The van der Waals surface area contributed by atoms with E-state index in [2.05, 4.69) is 9.97 Å². The summed E-state index contributed by atoms with van der Waals surface area (Å²) in [6.07, 6.45) is 1.93. The molecule has 2 heterocycles. The molecule has 0 amide bonds. The van der Waals surface area contributed by atoms with Crippen LogP contribution in [0.1, 0.15) is 11.3 Å². The van der Waals surface area contributed by atoms with Crippen LogP contribution in [0.25, 0.3) is 16.6 Å². The lowest BCUT2D eigenvalue weighted by Gasteiger charge is -2.07. The number of rotatable bonds is 3. The van der Waals surface area contributed by atoms with Crippen LogP contribution >= 0.6 is 0 Å². The van der Waals surface area contributed by atoms with E-state index in [1.165, 1.54) is 12.1 Å². The highest BCUT2D eigenvalue weighted by Gasteiger charge is 2.14. The van der Waals surface area contributed by atoms with Gasteiger partial charge in [0.1, 0.15) is 28.5 Å². The summed E-state index contributed by atoms with van der Waals surface area (Å²) in [6, 6.07) is 9.01. The summed E-state index contributed by atoms with van der Waals surface area (Å²) >= 11 is 0. The van der Waals surface area contributed by atoms with Crippen molar-refractivity contribution in [1.82, 2.24) is 14.4 Å². The highest BCUT2D eigenvalue weighted by Crippen LogP contribution is 2.28. The van der Waals surface area contributed by atoms with E-state index < -0.39 is 11.6 Å². The smallest absolute Gasteiger partial charge is 0.206 e. The fraction of sp³-hybridized carbons (Fsp3) is 0.111. The maximum Gasteiger partial charge on any atom is 0.206 e. The van der Waals surface area contributed by atoms with Crippen LogP contribution in [-0.2, 0) is 6.42 Å². The molecule has 4 rings (SSSR count). The summed E-state index contributed by atoms with van der Waals surface area (Å²) in [5, 5.41) is 0.777. The second-order valence-electron chi connectivity index (χ2n) is 5.66. The number of anilines is 1. The Hall–Kier alpha value is -3.22. The third kappa shape index (κ3) is 2.53. The van der Waals surface area contributed by atoms with Crippen LogP contribution in [0.2, 0.25) is 0 Å². The zero-order valence-corrected chi connectivity index (χ0v) is 13.3. The Morgan fingerprint density at radius 3 is 2.76 bits per heavy atom. The van der Waals surface area contributed by atoms with Gasteiger partial charge in [0.25, 0.3) is 0 Å². The molecule has 4 aromatic rings. The molecule has 0 fully saturated rings. The molecule has 0 radical (unpaired) electrons. The summed E-state index contributed by atoms with van der Waals surface area (Å²) in [5.41, 5.74) is 8.22. The van der Waals surface area contributed by atoms with Gasteiger partial charge in [-0.15, -0.1) is 0 Å². The lowest BCUT2D eigenvalue weighted by Crippen LogP contribution is -2.01. The molecular formula is C18H14F2N4O. The van der Waals surface area contributed by atoms with Gasteiger partial charge < -0.3 is 10.5 Å². The lowest BCUT2D eigenvalue weighted by molar-refractivity contribution is 0.419. The lowest BCUT2D eigenvalue weighted by atomic mass is 10.1. The molecule has 0 aliphatic rings. The summed E-state index contributed by atoms with van der Waals surface area (Å²) in [7, 11) is 1.56. The molecular weight excluding hydrogens is 326 g/mol. The quantitative estimate of drug-likeness (QED) is 0.621. The van der Waals surface area contributed by atoms with Crippen LogP contribution < -0.4 is 10.5 Å². The van der Waals surface area contributed by atoms with Crippen molar-refractivity contribution in [2.75, 3.05) is 12.8 Å². The fourth-order valence-corrected chi connectivity index (χ4v) is 2.89. The standard InChI is InChI=1S/C18H14F2N4O/c1-25-15-4-2-3-13-16(15)23-18(21)24-9-12(22-17(13)24)7-10-5-6-11(19)8-14(10)20/h2-6,8-9H,7H2,1H3,(H2,21,23). The van der Waals surface area contributed by atoms with Crippen LogP contribution in [0.3, 0.4) is 0 Å². The van der Waals surface area contributed by atoms with E-state index in [-0.39, 0.29) is 12.4 Å². The first-order chi connectivity index (χ1) is 12.1. The van der Waals surface area contributed by atoms with Crippen LogP contribution in [0, 0.1) is 11.6 Å². The summed E-state index contributed by atoms with van der Waals surface area (Å²) in [5.74, 6) is -0.358. The van der Waals surface area contributed by atoms with Gasteiger partial charge in [-0.1, -0.05) is 12.1 Å². The largest absolute Gasteiger partial charge is 0.494 e. The number of benzene rings is 2. The Labute approximate surface area is 141 Å². The van der Waals surface area contributed by atoms with Crippen molar-refractivity contribution < 1.29 is 13.5 Å². The van der Waals surface area contributed by atoms with Gasteiger partial charge in [-0.05, 0) is 23.8 Å². The first-order valence-electron chi connectivity index (χ1n) is 7.61. The number of imidazole rings is 1. The van der Waals surface area contributed by atoms with Crippen molar-refractivity contribution >= 4 is 22.5 Å². The number of methoxy groups -OCH3 is 1. The molecule has 2 aromatic carbocycles. The molecule has 0 aliphatic carbocycles. The number of halogens is 2. The average molecular weight is 340 g/mol. The molecule has 0 spiro atoms.